The van der Waals surface area contributed by atoms with Crippen LogP contribution < -0.4 is 4.74 Å². The summed E-state index contributed by atoms with van der Waals surface area (Å²) in [5, 5.41) is 16.6. The number of esters is 1. The van der Waals surface area contributed by atoms with Gasteiger partial charge in [-0.25, -0.2) is 4.79 Å². The van der Waals surface area contributed by atoms with Gasteiger partial charge in [-0.2, -0.15) is 0 Å². The molecule has 0 saturated heterocycles. The van der Waals surface area contributed by atoms with Gasteiger partial charge in [0.15, 0.2) is 5.79 Å². The molecule has 117 valence electrons. The third-order valence-electron chi connectivity index (χ3n) is 2.36. The number of carbonyl (C=O) groups is 1. The molecule has 1 rings (SSSR count). The quantitative estimate of drug-likeness (QED) is 0.477. The number of methoxy groups -OCH3 is 1. The van der Waals surface area contributed by atoms with Crippen LogP contribution in [0.15, 0.2) is 42.5 Å². The summed E-state index contributed by atoms with van der Waals surface area (Å²) in [5.74, 6) is -1.16. The van der Waals surface area contributed by atoms with Gasteiger partial charge in [0.1, 0.15) is 5.75 Å². The third kappa shape index (κ3) is 10.6. The maximum Gasteiger partial charge on any atom is 0.333 e. The molecule has 1 radical (unpaired) electrons. The summed E-state index contributed by atoms with van der Waals surface area (Å²) in [6.07, 6.45) is 0.606. The first-order chi connectivity index (χ1) is 9.80. The lowest BCUT2D eigenvalue weighted by Gasteiger charge is -2.10. The predicted octanol–water partition coefficient (Wildman–Crippen LogP) is 2.10. The highest BCUT2D eigenvalue weighted by molar-refractivity contribution is 5.87. The molecule has 1 aromatic carbocycles. The summed E-state index contributed by atoms with van der Waals surface area (Å²) >= 11 is 0. The van der Waals surface area contributed by atoms with E-state index in [0.717, 1.165) is 5.75 Å². The first-order valence-electron chi connectivity index (χ1n) is 6.48. The van der Waals surface area contributed by atoms with Crippen LogP contribution in [0.4, 0.5) is 0 Å². The summed E-state index contributed by atoms with van der Waals surface area (Å²) in [7, 11) is 1.34. The molecule has 0 aromatic heterocycles. The highest BCUT2D eigenvalue weighted by Crippen LogP contribution is 2.10. The summed E-state index contributed by atoms with van der Waals surface area (Å²) in [6, 6.07) is 9.43. The van der Waals surface area contributed by atoms with E-state index in [0.29, 0.717) is 18.6 Å². The molecule has 0 unspecified atom stereocenters. The van der Waals surface area contributed by atoms with E-state index in [-0.39, 0.29) is 12.4 Å². The van der Waals surface area contributed by atoms with E-state index in [2.05, 4.69) is 18.2 Å². The van der Waals surface area contributed by atoms with Crippen LogP contribution in [0.25, 0.3) is 0 Å². The molecule has 0 bridgehead atoms. The van der Waals surface area contributed by atoms with Gasteiger partial charge in [-0.3, -0.25) is 0 Å². The molecule has 5 heteroatoms. The molecule has 0 aliphatic rings. The number of para-hydroxylation sites is 1. The van der Waals surface area contributed by atoms with E-state index >= 15 is 0 Å². The molecule has 0 amide bonds. The van der Waals surface area contributed by atoms with E-state index in [1.54, 1.807) is 0 Å². The highest BCUT2D eigenvalue weighted by atomic mass is 16.5. The zero-order valence-corrected chi connectivity index (χ0v) is 12.5. The van der Waals surface area contributed by atoms with Gasteiger partial charge in [-0.05, 0) is 26.0 Å². The van der Waals surface area contributed by atoms with Crippen LogP contribution in [0.2, 0.25) is 0 Å². The molecule has 0 aliphatic heterocycles. The molecule has 0 fully saturated rings. The van der Waals surface area contributed by atoms with Crippen molar-refractivity contribution in [2.75, 3.05) is 13.7 Å². The maximum atomic E-state index is 11.0. The Bertz CT molecular complexity index is 420. The monoisotopic (exact) mass is 295 g/mol. The van der Waals surface area contributed by atoms with Gasteiger partial charge in [0.25, 0.3) is 0 Å². The van der Waals surface area contributed by atoms with Crippen molar-refractivity contribution in [2.24, 2.45) is 0 Å². The molecule has 0 heterocycles. The van der Waals surface area contributed by atoms with E-state index < -0.39 is 5.79 Å². The van der Waals surface area contributed by atoms with Crippen molar-refractivity contribution in [1.29, 1.82) is 0 Å². The first-order valence-corrected chi connectivity index (χ1v) is 6.48. The van der Waals surface area contributed by atoms with Crippen LogP contribution in [0.5, 0.6) is 5.75 Å². The SMILES string of the molecule is C=C(CCOc1ccccc1)C(=O)OC.[CH2]CC(C)(O)O. The van der Waals surface area contributed by atoms with Gasteiger partial charge in [0, 0.05) is 18.4 Å². The Morgan fingerprint density at radius 1 is 1.29 bits per heavy atom. The van der Waals surface area contributed by atoms with Crippen LogP contribution in [-0.4, -0.2) is 35.7 Å². The van der Waals surface area contributed by atoms with Gasteiger partial charge < -0.3 is 19.7 Å². The number of rotatable bonds is 6. The van der Waals surface area contributed by atoms with Crippen molar-refractivity contribution in [3.63, 3.8) is 0 Å². The summed E-state index contributed by atoms with van der Waals surface area (Å²) < 4.78 is 9.92. The zero-order chi connectivity index (χ0) is 16.3. The second-order valence-corrected chi connectivity index (χ2v) is 4.47. The molecule has 21 heavy (non-hydrogen) atoms. The summed E-state index contributed by atoms with van der Waals surface area (Å²) in [4.78, 5) is 11.0. The minimum atomic E-state index is -1.57. The fourth-order valence-electron chi connectivity index (χ4n) is 1.06. The average Bonchev–Trinajstić information content (AvgIpc) is 2.47. The molecular formula is C16H23O5. The van der Waals surface area contributed by atoms with Crippen molar-refractivity contribution < 1.29 is 24.5 Å². The molecule has 0 spiro atoms. The van der Waals surface area contributed by atoms with Crippen molar-refractivity contribution in [2.45, 2.75) is 25.6 Å². The first kappa shape index (κ1) is 19.1. The fraction of sp³-hybridized carbons (Fsp3) is 0.375. The zero-order valence-electron chi connectivity index (χ0n) is 12.5. The lowest BCUT2D eigenvalue weighted by molar-refractivity contribution is -0.141. The largest absolute Gasteiger partial charge is 0.493 e. The molecule has 0 atom stereocenters. The normalized spacial score (nSPS) is 10.1. The molecule has 2 N–H and O–H groups in total. The second kappa shape index (κ2) is 9.96. The number of aliphatic hydroxyl groups is 2. The lowest BCUT2D eigenvalue weighted by Crippen LogP contribution is -2.20. The maximum absolute atomic E-state index is 11.0. The van der Waals surface area contributed by atoms with Crippen LogP contribution in [0.3, 0.4) is 0 Å². The minimum Gasteiger partial charge on any atom is -0.493 e. The van der Waals surface area contributed by atoms with Gasteiger partial charge in [0.05, 0.1) is 13.7 Å². The van der Waals surface area contributed by atoms with Crippen molar-refractivity contribution in [3.05, 3.63) is 49.4 Å². The smallest absolute Gasteiger partial charge is 0.333 e. The van der Waals surface area contributed by atoms with Crippen molar-refractivity contribution in [1.82, 2.24) is 0 Å². The molecule has 1 aromatic rings. The average molecular weight is 295 g/mol. The van der Waals surface area contributed by atoms with Crippen LogP contribution in [0, 0.1) is 6.92 Å². The lowest BCUT2D eigenvalue weighted by atomic mass is 10.2. The fourth-order valence-corrected chi connectivity index (χ4v) is 1.06. The number of hydrogen-bond acceptors (Lipinski definition) is 5. The second-order valence-electron chi connectivity index (χ2n) is 4.47. The Labute approximate surface area is 125 Å². The van der Waals surface area contributed by atoms with E-state index in [1.807, 2.05) is 30.3 Å². The molecular weight excluding hydrogens is 272 g/mol. The van der Waals surface area contributed by atoms with Crippen molar-refractivity contribution in [3.8, 4) is 5.75 Å². The Morgan fingerprint density at radius 2 is 1.81 bits per heavy atom. The topological polar surface area (TPSA) is 76.0 Å². The highest BCUT2D eigenvalue weighted by Gasteiger charge is 2.08. The van der Waals surface area contributed by atoms with Gasteiger partial charge in [-0.15, -0.1) is 0 Å². The van der Waals surface area contributed by atoms with Gasteiger partial charge >= 0.3 is 5.97 Å². The van der Waals surface area contributed by atoms with Gasteiger partial charge in [0.2, 0.25) is 0 Å². The minimum absolute atomic E-state index is 0.132. The molecule has 0 saturated carbocycles. The number of ether oxygens (including phenoxy) is 2. The number of benzene rings is 1. The van der Waals surface area contributed by atoms with E-state index in [4.69, 9.17) is 14.9 Å². The van der Waals surface area contributed by atoms with E-state index in [9.17, 15) is 4.79 Å². The summed E-state index contributed by atoms with van der Waals surface area (Å²) in [6.45, 7) is 8.58. The number of carbonyl (C=O) groups excluding carboxylic acids is 1. The van der Waals surface area contributed by atoms with Crippen LogP contribution >= 0.6 is 0 Å². The third-order valence-corrected chi connectivity index (χ3v) is 2.36. The summed E-state index contributed by atoms with van der Waals surface area (Å²) in [5.41, 5.74) is 0.424. The van der Waals surface area contributed by atoms with Gasteiger partial charge in [-0.1, -0.05) is 24.8 Å². The standard InChI is InChI=1S/C12H14O3.C4H9O2/c1-10(12(13)14-2)8-9-15-11-6-4-3-5-7-11;1-3-4(2,5)6/h3-7H,1,8-9H2,2H3;5-6H,1,3H2,2H3. The number of hydrogen-bond donors (Lipinski definition) is 2. The Balaban J connectivity index is 0.000000567. The Morgan fingerprint density at radius 3 is 2.24 bits per heavy atom. The Hall–Kier alpha value is -1.85. The van der Waals surface area contributed by atoms with Crippen LogP contribution in [-0.2, 0) is 9.53 Å². The van der Waals surface area contributed by atoms with Crippen molar-refractivity contribution >= 4 is 5.97 Å². The molecule has 5 nitrogen and oxygen atoms in total. The Kier molecular flexibility index (Phi) is 9.08. The van der Waals surface area contributed by atoms with E-state index in [1.165, 1.54) is 14.0 Å². The predicted molar refractivity (Wildman–Crippen MR) is 80.5 cm³/mol. The van der Waals surface area contributed by atoms with Crippen LogP contribution in [0.1, 0.15) is 19.8 Å². The molecule has 0 aliphatic carbocycles.